The van der Waals surface area contributed by atoms with Gasteiger partial charge in [0.25, 0.3) is 0 Å². The van der Waals surface area contributed by atoms with E-state index in [4.69, 9.17) is 4.98 Å². The van der Waals surface area contributed by atoms with Crippen LogP contribution in [0.2, 0.25) is 0 Å². The molecule has 150 valence electrons. The highest BCUT2D eigenvalue weighted by atomic mass is 32.1. The van der Waals surface area contributed by atoms with Crippen LogP contribution in [0.25, 0.3) is 17.0 Å². The summed E-state index contributed by atoms with van der Waals surface area (Å²) < 4.78 is 1.82. The van der Waals surface area contributed by atoms with Crippen molar-refractivity contribution in [3.05, 3.63) is 46.6 Å². The number of nitrogens with one attached hydrogen (secondary N) is 1. The first kappa shape index (κ1) is 19.3. The van der Waals surface area contributed by atoms with Crippen LogP contribution in [0.3, 0.4) is 0 Å². The maximum absolute atomic E-state index is 4.73. The first-order valence-electron chi connectivity index (χ1n) is 9.78. The summed E-state index contributed by atoms with van der Waals surface area (Å²) in [5, 5.41) is 19.4. The van der Waals surface area contributed by atoms with Gasteiger partial charge in [0.15, 0.2) is 10.8 Å². The number of anilines is 3. The molecule has 0 aliphatic rings. The minimum Gasteiger partial charge on any atom is -0.372 e. The SMILES string of the molecule is CCN(CC)c1ccc(Nc2nc(-c3nnc4cc(C)nn4c3C)cs2)c(C)c1. The molecule has 8 heteroatoms. The number of aromatic nitrogens is 5. The number of rotatable bonds is 6. The third-order valence-electron chi connectivity index (χ3n) is 5.05. The zero-order valence-electron chi connectivity index (χ0n) is 17.4. The van der Waals surface area contributed by atoms with Gasteiger partial charge in [-0.25, -0.2) is 9.50 Å². The summed E-state index contributed by atoms with van der Waals surface area (Å²) in [7, 11) is 0. The van der Waals surface area contributed by atoms with Gasteiger partial charge in [0.2, 0.25) is 0 Å². The molecule has 0 bridgehead atoms. The van der Waals surface area contributed by atoms with Gasteiger partial charge in [-0.1, -0.05) is 0 Å². The molecule has 0 fully saturated rings. The molecular formula is C21H25N7S. The van der Waals surface area contributed by atoms with Crippen LogP contribution in [-0.2, 0) is 0 Å². The second kappa shape index (κ2) is 7.79. The third-order valence-corrected chi connectivity index (χ3v) is 5.81. The smallest absolute Gasteiger partial charge is 0.187 e. The molecule has 3 aromatic heterocycles. The first-order chi connectivity index (χ1) is 14.0. The van der Waals surface area contributed by atoms with Crippen molar-refractivity contribution in [2.75, 3.05) is 23.3 Å². The van der Waals surface area contributed by atoms with E-state index < -0.39 is 0 Å². The predicted molar refractivity (Wildman–Crippen MR) is 119 cm³/mol. The molecule has 0 amide bonds. The summed E-state index contributed by atoms with van der Waals surface area (Å²) in [4.78, 5) is 7.07. The Balaban J connectivity index is 1.59. The summed E-state index contributed by atoms with van der Waals surface area (Å²) in [6, 6.07) is 8.41. The second-order valence-corrected chi connectivity index (χ2v) is 7.88. The lowest BCUT2D eigenvalue weighted by Gasteiger charge is -2.22. The molecule has 0 aliphatic heterocycles. The lowest BCUT2D eigenvalue weighted by molar-refractivity contribution is 0.842. The van der Waals surface area contributed by atoms with E-state index in [1.807, 2.05) is 29.8 Å². The molecule has 0 atom stereocenters. The van der Waals surface area contributed by atoms with Gasteiger partial charge in [-0.3, -0.25) is 0 Å². The highest BCUT2D eigenvalue weighted by molar-refractivity contribution is 7.14. The topological polar surface area (TPSA) is 71.2 Å². The Morgan fingerprint density at radius 3 is 2.59 bits per heavy atom. The van der Waals surface area contributed by atoms with Gasteiger partial charge in [0.05, 0.1) is 11.4 Å². The summed E-state index contributed by atoms with van der Waals surface area (Å²) in [5.74, 6) is 0. The Kier molecular flexibility index (Phi) is 5.19. The molecular weight excluding hydrogens is 382 g/mol. The van der Waals surface area contributed by atoms with Crippen molar-refractivity contribution in [3.8, 4) is 11.4 Å². The average molecular weight is 408 g/mol. The van der Waals surface area contributed by atoms with Crippen molar-refractivity contribution in [1.29, 1.82) is 0 Å². The summed E-state index contributed by atoms with van der Waals surface area (Å²) in [6.07, 6.45) is 0. The molecule has 1 N–H and O–H groups in total. The van der Waals surface area contributed by atoms with E-state index in [9.17, 15) is 0 Å². The van der Waals surface area contributed by atoms with E-state index in [0.717, 1.165) is 52.3 Å². The van der Waals surface area contributed by atoms with Crippen molar-refractivity contribution in [3.63, 3.8) is 0 Å². The fraction of sp³-hybridized carbons (Fsp3) is 0.333. The molecule has 0 saturated carbocycles. The van der Waals surface area contributed by atoms with Crippen molar-refractivity contribution < 1.29 is 0 Å². The van der Waals surface area contributed by atoms with Gasteiger partial charge in [-0.2, -0.15) is 5.10 Å². The van der Waals surface area contributed by atoms with Crippen LogP contribution < -0.4 is 10.2 Å². The van der Waals surface area contributed by atoms with Crippen LogP contribution in [0.5, 0.6) is 0 Å². The fourth-order valence-corrected chi connectivity index (χ4v) is 4.15. The van der Waals surface area contributed by atoms with Gasteiger partial charge in [-0.05, 0) is 58.4 Å². The maximum Gasteiger partial charge on any atom is 0.187 e. The summed E-state index contributed by atoms with van der Waals surface area (Å²) >= 11 is 1.56. The molecule has 1 aromatic carbocycles. The molecule has 0 radical (unpaired) electrons. The minimum absolute atomic E-state index is 0.749. The number of fused-ring (bicyclic) bond motifs is 1. The molecule has 0 unspecified atom stereocenters. The van der Waals surface area contributed by atoms with Crippen LogP contribution in [0.1, 0.15) is 30.8 Å². The maximum atomic E-state index is 4.73. The number of aryl methyl sites for hydroxylation is 3. The van der Waals surface area contributed by atoms with Gasteiger partial charge < -0.3 is 10.2 Å². The average Bonchev–Trinajstić information content (AvgIpc) is 3.31. The Morgan fingerprint density at radius 2 is 1.86 bits per heavy atom. The standard InChI is InChI=1S/C21H25N7S/c1-6-27(7-2)16-8-9-17(13(3)10-16)22-21-23-18(12-29-21)20-15(5)28-19(24-25-20)11-14(4)26-28/h8-12H,6-7H2,1-5H3,(H,22,23). The second-order valence-electron chi connectivity index (χ2n) is 7.02. The van der Waals surface area contributed by atoms with Gasteiger partial charge in [0, 0.05) is 35.9 Å². The highest BCUT2D eigenvalue weighted by Gasteiger charge is 2.14. The van der Waals surface area contributed by atoms with Crippen molar-refractivity contribution in [2.24, 2.45) is 0 Å². The quantitative estimate of drug-likeness (QED) is 0.497. The summed E-state index contributed by atoms with van der Waals surface area (Å²) in [5.41, 5.74) is 7.64. The van der Waals surface area contributed by atoms with E-state index in [1.165, 1.54) is 11.3 Å². The fourth-order valence-electron chi connectivity index (χ4n) is 3.44. The third kappa shape index (κ3) is 3.67. The van der Waals surface area contributed by atoms with Crippen LogP contribution in [-0.4, -0.2) is 37.9 Å². The number of hydrogen-bond donors (Lipinski definition) is 1. The Bertz CT molecular complexity index is 1160. The summed E-state index contributed by atoms with van der Waals surface area (Å²) in [6.45, 7) is 12.4. The van der Waals surface area contributed by atoms with E-state index in [2.05, 4.69) is 64.5 Å². The molecule has 4 rings (SSSR count). The van der Waals surface area contributed by atoms with E-state index >= 15 is 0 Å². The zero-order valence-corrected chi connectivity index (χ0v) is 18.2. The van der Waals surface area contributed by atoms with Crippen molar-refractivity contribution in [2.45, 2.75) is 34.6 Å². The molecule has 29 heavy (non-hydrogen) atoms. The number of benzene rings is 1. The molecule has 4 aromatic rings. The minimum atomic E-state index is 0.749. The normalized spacial score (nSPS) is 11.2. The molecule has 7 nitrogen and oxygen atoms in total. The van der Waals surface area contributed by atoms with E-state index in [-0.39, 0.29) is 0 Å². The van der Waals surface area contributed by atoms with Crippen LogP contribution in [0.15, 0.2) is 29.6 Å². The molecule has 0 spiro atoms. The van der Waals surface area contributed by atoms with Crippen molar-refractivity contribution >= 4 is 33.5 Å². The van der Waals surface area contributed by atoms with Gasteiger partial charge >= 0.3 is 0 Å². The predicted octanol–water partition coefficient (Wildman–Crippen LogP) is 4.76. The lowest BCUT2D eigenvalue weighted by atomic mass is 10.1. The number of thiazole rings is 1. The Hall–Kier alpha value is -3.00. The molecule has 0 aliphatic carbocycles. The lowest BCUT2D eigenvalue weighted by Crippen LogP contribution is -2.21. The largest absolute Gasteiger partial charge is 0.372 e. The van der Waals surface area contributed by atoms with Crippen LogP contribution >= 0.6 is 11.3 Å². The van der Waals surface area contributed by atoms with E-state index in [0.29, 0.717) is 0 Å². The van der Waals surface area contributed by atoms with E-state index in [1.54, 1.807) is 11.3 Å². The highest BCUT2D eigenvalue weighted by Crippen LogP contribution is 2.30. The van der Waals surface area contributed by atoms with Crippen molar-refractivity contribution in [1.82, 2.24) is 24.8 Å². The van der Waals surface area contributed by atoms with Crippen LogP contribution in [0.4, 0.5) is 16.5 Å². The Labute approximate surface area is 174 Å². The Morgan fingerprint density at radius 1 is 1.07 bits per heavy atom. The van der Waals surface area contributed by atoms with Crippen LogP contribution in [0, 0.1) is 20.8 Å². The monoisotopic (exact) mass is 407 g/mol. The molecule has 3 heterocycles. The number of nitrogens with zero attached hydrogens (tertiary/aromatic N) is 6. The van der Waals surface area contributed by atoms with Gasteiger partial charge in [-0.15, -0.1) is 21.5 Å². The molecule has 0 saturated heterocycles. The number of hydrogen-bond acceptors (Lipinski definition) is 7. The zero-order chi connectivity index (χ0) is 20.5. The first-order valence-corrected chi connectivity index (χ1v) is 10.7. The van der Waals surface area contributed by atoms with Gasteiger partial charge in [0.1, 0.15) is 11.4 Å².